The van der Waals surface area contributed by atoms with Crippen LogP contribution in [-0.2, 0) is 11.3 Å². The van der Waals surface area contributed by atoms with E-state index in [4.69, 9.17) is 0 Å². The molecule has 120 valence electrons. The van der Waals surface area contributed by atoms with Crippen LogP contribution in [0.5, 0.6) is 0 Å². The molecule has 1 N–H and O–H groups in total. The zero-order chi connectivity index (χ0) is 16.3. The van der Waals surface area contributed by atoms with Gasteiger partial charge in [-0.2, -0.15) is 5.26 Å². The predicted molar refractivity (Wildman–Crippen MR) is 85.4 cm³/mol. The van der Waals surface area contributed by atoms with Crippen LogP contribution in [0.1, 0.15) is 54.4 Å². The Balaban J connectivity index is 1.63. The van der Waals surface area contributed by atoms with Crippen LogP contribution in [-0.4, -0.2) is 28.8 Å². The van der Waals surface area contributed by atoms with E-state index in [2.05, 4.69) is 11.4 Å². The number of benzene rings is 1. The Labute approximate surface area is 136 Å². The zero-order valence-electron chi connectivity index (χ0n) is 13.2. The molecule has 1 aromatic rings. The molecule has 0 aromatic heterocycles. The van der Waals surface area contributed by atoms with Gasteiger partial charge in [-0.1, -0.05) is 12.1 Å². The molecule has 0 spiro atoms. The number of carbonyl (C=O) groups excluding carboxylic acids is 2. The van der Waals surface area contributed by atoms with E-state index < -0.39 is 5.54 Å². The topological polar surface area (TPSA) is 73.2 Å². The minimum absolute atomic E-state index is 0.197. The normalized spacial score (nSPS) is 19.6. The van der Waals surface area contributed by atoms with E-state index in [1.807, 2.05) is 17.0 Å². The Bertz CT molecular complexity index is 639. The molecule has 23 heavy (non-hydrogen) atoms. The molecule has 1 aliphatic carbocycles. The van der Waals surface area contributed by atoms with E-state index in [1.165, 1.54) is 0 Å². The molecule has 2 amide bonds. The summed E-state index contributed by atoms with van der Waals surface area (Å²) in [6.45, 7) is 1.41. The maximum absolute atomic E-state index is 12.3. The molecule has 0 bridgehead atoms. The number of nitrogens with zero attached hydrogens (tertiary/aromatic N) is 2. The fourth-order valence-corrected chi connectivity index (χ4v) is 3.39. The van der Waals surface area contributed by atoms with Gasteiger partial charge in [-0.05, 0) is 49.8 Å². The standard InChI is InChI=1S/C18H21N3O2/c19-13-18(9-1-2-10-18)20-17(23)15-7-5-14(6-8-15)12-21-11-3-4-16(21)22/h5-8H,1-4,9-12H2,(H,20,23). The van der Waals surface area contributed by atoms with Crippen LogP contribution in [0.2, 0.25) is 0 Å². The lowest BCUT2D eigenvalue weighted by Crippen LogP contribution is -2.45. The number of likely N-dealkylation sites (tertiary alicyclic amines) is 1. The number of amides is 2. The van der Waals surface area contributed by atoms with Crippen LogP contribution < -0.4 is 5.32 Å². The summed E-state index contributed by atoms with van der Waals surface area (Å²) in [5.41, 5.74) is 0.883. The van der Waals surface area contributed by atoms with Crippen molar-refractivity contribution in [3.63, 3.8) is 0 Å². The minimum Gasteiger partial charge on any atom is -0.338 e. The molecule has 1 saturated carbocycles. The van der Waals surface area contributed by atoms with Gasteiger partial charge < -0.3 is 10.2 Å². The second-order valence-corrected chi connectivity index (χ2v) is 6.47. The lowest BCUT2D eigenvalue weighted by atomic mass is 9.99. The van der Waals surface area contributed by atoms with Crippen molar-refractivity contribution < 1.29 is 9.59 Å². The van der Waals surface area contributed by atoms with E-state index in [-0.39, 0.29) is 11.8 Å². The number of rotatable bonds is 4. The van der Waals surface area contributed by atoms with Crippen molar-refractivity contribution >= 4 is 11.8 Å². The summed E-state index contributed by atoms with van der Waals surface area (Å²) >= 11 is 0. The van der Waals surface area contributed by atoms with Gasteiger partial charge in [0.05, 0.1) is 6.07 Å². The smallest absolute Gasteiger partial charge is 0.252 e. The first-order chi connectivity index (χ1) is 11.1. The molecule has 0 unspecified atom stereocenters. The largest absolute Gasteiger partial charge is 0.338 e. The first kappa shape index (κ1) is 15.5. The van der Waals surface area contributed by atoms with Gasteiger partial charge in [0.2, 0.25) is 5.91 Å². The van der Waals surface area contributed by atoms with Gasteiger partial charge in [0.25, 0.3) is 5.91 Å². The van der Waals surface area contributed by atoms with E-state index >= 15 is 0 Å². The van der Waals surface area contributed by atoms with Gasteiger partial charge in [-0.15, -0.1) is 0 Å². The Morgan fingerprint density at radius 3 is 2.48 bits per heavy atom. The quantitative estimate of drug-likeness (QED) is 0.928. The molecule has 1 saturated heterocycles. The number of hydrogen-bond acceptors (Lipinski definition) is 3. The van der Waals surface area contributed by atoms with Gasteiger partial charge in [-0.25, -0.2) is 0 Å². The zero-order valence-corrected chi connectivity index (χ0v) is 13.2. The van der Waals surface area contributed by atoms with Crippen molar-refractivity contribution in [1.29, 1.82) is 5.26 Å². The van der Waals surface area contributed by atoms with E-state index in [1.54, 1.807) is 12.1 Å². The van der Waals surface area contributed by atoms with Gasteiger partial charge in [-0.3, -0.25) is 9.59 Å². The predicted octanol–water partition coefficient (Wildman–Crippen LogP) is 2.38. The molecule has 1 heterocycles. The molecular formula is C18H21N3O2. The van der Waals surface area contributed by atoms with E-state index in [0.29, 0.717) is 18.5 Å². The summed E-state index contributed by atoms with van der Waals surface area (Å²) in [6, 6.07) is 9.57. The Hall–Kier alpha value is -2.35. The Morgan fingerprint density at radius 1 is 1.22 bits per heavy atom. The molecule has 5 nitrogen and oxygen atoms in total. The summed E-state index contributed by atoms with van der Waals surface area (Å²) in [4.78, 5) is 25.8. The highest BCUT2D eigenvalue weighted by Gasteiger charge is 2.35. The van der Waals surface area contributed by atoms with Crippen LogP contribution in [0.25, 0.3) is 0 Å². The number of carbonyl (C=O) groups is 2. The third-order valence-electron chi connectivity index (χ3n) is 4.78. The molecule has 5 heteroatoms. The molecule has 1 aliphatic heterocycles. The average molecular weight is 311 g/mol. The van der Waals surface area contributed by atoms with Crippen LogP contribution in [0.15, 0.2) is 24.3 Å². The van der Waals surface area contributed by atoms with Crippen molar-refractivity contribution in [3.05, 3.63) is 35.4 Å². The minimum atomic E-state index is -0.697. The van der Waals surface area contributed by atoms with Crippen molar-refractivity contribution in [2.45, 2.75) is 50.6 Å². The third kappa shape index (κ3) is 3.37. The fourth-order valence-electron chi connectivity index (χ4n) is 3.39. The fraction of sp³-hybridized carbons (Fsp3) is 0.500. The third-order valence-corrected chi connectivity index (χ3v) is 4.78. The van der Waals surface area contributed by atoms with Crippen molar-refractivity contribution in [2.75, 3.05) is 6.54 Å². The first-order valence-corrected chi connectivity index (χ1v) is 8.22. The lowest BCUT2D eigenvalue weighted by molar-refractivity contribution is -0.128. The van der Waals surface area contributed by atoms with Gasteiger partial charge >= 0.3 is 0 Å². The molecule has 1 aromatic carbocycles. The second-order valence-electron chi connectivity index (χ2n) is 6.47. The summed E-state index contributed by atoms with van der Waals surface area (Å²) in [6.07, 6.45) is 4.98. The maximum atomic E-state index is 12.3. The Morgan fingerprint density at radius 2 is 1.91 bits per heavy atom. The molecule has 2 aliphatic rings. The maximum Gasteiger partial charge on any atom is 0.252 e. The summed E-state index contributed by atoms with van der Waals surface area (Å²) in [7, 11) is 0. The summed E-state index contributed by atoms with van der Waals surface area (Å²) in [5, 5.41) is 12.2. The lowest BCUT2D eigenvalue weighted by Gasteiger charge is -2.22. The van der Waals surface area contributed by atoms with Crippen molar-refractivity contribution in [2.24, 2.45) is 0 Å². The van der Waals surface area contributed by atoms with Crippen molar-refractivity contribution in [1.82, 2.24) is 10.2 Å². The average Bonchev–Trinajstić information content (AvgIpc) is 3.18. The SMILES string of the molecule is N#CC1(NC(=O)c2ccc(CN3CCCC3=O)cc2)CCCC1. The van der Waals surface area contributed by atoms with Crippen LogP contribution in [0, 0.1) is 11.3 Å². The highest BCUT2D eigenvalue weighted by Crippen LogP contribution is 2.29. The van der Waals surface area contributed by atoms with Crippen LogP contribution in [0.3, 0.4) is 0 Å². The first-order valence-electron chi connectivity index (χ1n) is 8.22. The molecule has 3 rings (SSSR count). The van der Waals surface area contributed by atoms with Gasteiger partial charge in [0.1, 0.15) is 5.54 Å². The van der Waals surface area contributed by atoms with Gasteiger partial charge in [0, 0.05) is 25.1 Å². The van der Waals surface area contributed by atoms with Crippen LogP contribution >= 0.6 is 0 Å². The highest BCUT2D eigenvalue weighted by molar-refractivity contribution is 5.95. The van der Waals surface area contributed by atoms with Crippen molar-refractivity contribution in [3.8, 4) is 6.07 Å². The summed E-state index contributed by atoms with van der Waals surface area (Å²) < 4.78 is 0. The molecular weight excluding hydrogens is 290 g/mol. The van der Waals surface area contributed by atoms with E-state index in [0.717, 1.165) is 44.2 Å². The molecule has 2 fully saturated rings. The molecule has 0 atom stereocenters. The summed E-state index contributed by atoms with van der Waals surface area (Å²) in [5.74, 6) is 0.00117. The number of nitriles is 1. The van der Waals surface area contributed by atoms with E-state index in [9.17, 15) is 14.9 Å². The van der Waals surface area contributed by atoms with Crippen LogP contribution in [0.4, 0.5) is 0 Å². The number of hydrogen-bond donors (Lipinski definition) is 1. The Kier molecular flexibility index (Phi) is 4.33. The van der Waals surface area contributed by atoms with Gasteiger partial charge in [0.15, 0.2) is 0 Å². The highest BCUT2D eigenvalue weighted by atomic mass is 16.2. The monoisotopic (exact) mass is 311 g/mol. The number of nitrogens with one attached hydrogen (secondary N) is 1. The molecule has 0 radical (unpaired) electrons. The second kappa shape index (κ2) is 6.41.